The van der Waals surface area contributed by atoms with Crippen molar-refractivity contribution in [2.45, 2.75) is 52.7 Å². The molecule has 4 rings (SSSR count). The van der Waals surface area contributed by atoms with Crippen molar-refractivity contribution < 1.29 is 0 Å². The summed E-state index contributed by atoms with van der Waals surface area (Å²) in [5, 5.41) is 4.33. The molecule has 0 bridgehead atoms. The molecular weight excluding hydrogens is 376 g/mol. The maximum atomic E-state index is 5.74. The number of nitrogens with zero attached hydrogens (tertiary/aromatic N) is 3. The molecule has 1 aromatic carbocycles. The van der Waals surface area contributed by atoms with Crippen LogP contribution in [-0.2, 0) is 0 Å². The minimum Gasteiger partial charge on any atom is -0.352 e. The number of hydrogen-bond donors (Lipinski definition) is 1. The van der Waals surface area contributed by atoms with E-state index in [9.17, 15) is 0 Å². The van der Waals surface area contributed by atoms with Gasteiger partial charge in [0, 0.05) is 29.3 Å². The standard InChI is InChI=1S/C24H28N4S/c1-15(2)27-23(22(26-24(27)29)21-8-6-7-13-25-21)20-14-17(4)28(18(20)5)19-11-9-16(3)10-12-19/h6-15,22-23H,1-5H3,(H,26,29)/t22-,23+/m0/s1. The maximum Gasteiger partial charge on any atom is 0.170 e. The van der Waals surface area contributed by atoms with Crippen molar-refractivity contribution in [2.24, 2.45) is 0 Å². The molecule has 1 saturated heterocycles. The Balaban J connectivity index is 1.85. The third-order valence-electron chi connectivity index (χ3n) is 5.77. The monoisotopic (exact) mass is 404 g/mol. The molecule has 0 unspecified atom stereocenters. The number of nitrogens with one attached hydrogen (secondary N) is 1. The Kier molecular flexibility index (Phi) is 5.17. The molecule has 29 heavy (non-hydrogen) atoms. The van der Waals surface area contributed by atoms with Gasteiger partial charge < -0.3 is 14.8 Å². The van der Waals surface area contributed by atoms with Gasteiger partial charge in [-0.15, -0.1) is 0 Å². The number of benzene rings is 1. The van der Waals surface area contributed by atoms with Crippen LogP contribution in [0.25, 0.3) is 5.69 Å². The lowest BCUT2D eigenvalue weighted by atomic mass is 9.96. The van der Waals surface area contributed by atoms with Gasteiger partial charge in [0.1, 0.15) is 0 Å². The van der Waals surface area contributed by atoms with Crippen molar-refractivity contribution in [1.29, 1.82) is 0 Å². The van der Waals surface area contributed by atoms with Gasteiger partial charge in [0.05, 0.1) is 17.8 Å². The molecule has 4 nitrogen and oxygen atoms in total. The van der Waals surface area contributed by atoms with E-state index in [1.807, 2.05) is 18.3 Å². The largest absolute Gasteiger partial charge is 0.352 e. The molecule has 0 radical (unpaired) electrons. The van der Waals surface area contributed by atoms with Crippen molar-refractivity contribution in [3.8, 4) is 5.69 Å². The summed E-state index contributed by atoms with van der Waals surface area (Å²) in [5.74, 6) is 0. The summed E-state index contributed by atoms with van der Waals surface area (Å²) < 4.78 is 2.34. The SMILES string of the molecule is Cc1ccc(-n2c(C)cc([C@@H]3[C@H](c4ccccn4)NC(=S)N3C(C)C)c2C)cc1. The summed E-state index contributed by atoms with van der Waals surface area (Å²) in [4.78, 5) is 6.95. The fraction of sp³-hybridized carbons (Fsp3) is 0.333. The molecular formula is C24H28N4S. The predicted molar refractivity (Wildman–Crippen MR) is 122 cm³/mol. The first-order valence-electron chi connectivity index (χ1n) is 10.1. The Morgan fingerprint density at radius 1 is 1.03 bits per heavy atom. The van der Waals surface area contributed by atoms with E-state index >= 15 is 0 Å². The van der Waals surface area contributed by atoms with Crippen LogP contribution in [0, 0.1) is 20.8 Å². The molecule has 0 aliphatic carbocycles. The fourth-order valence-electron chi connectivity index (χ4n) is 4.43. The number of aromatic nitrogens is 2. The van der Waals surface area contributed by atoms with E-state index in [0.717, 1.165) is 10.8 Å². The summed E-state index contributed by atoms with van der Waals surface area (Å²) in [7, 11) is 0. The molecule has 0 saturated carbocycles. The van der Waals surface area contributed by atoms with E-state index in [2.05, 4.69) is 90.8 Å². The van der Waals surface area contributed by atoms with Crippen LogP contribution >= 0.6 is 12.2 Å². The molecule has 0 spiro atoms. The molecule has 5 heteroatoms. The van der Waals surface area contributed by atoms with Crippen molar-refractivity contribution in [2.75, 3.05) is 0 Å². The highest BCUT2D eigenvalue weighted by Crippen LogP contribution is 2.42. The van der Waals surface area contributed by atoms with E-state index < -0.39 is 0 Å². The molecule has 1 fully saturated rings. The predicted octanol–water partition coefficient (Wildman–Crippen LogP) is 5.18. The lowest BCUT2D eigenvalue weighted by Gasteiger charge is -2.31. The van der Waals surface area contributed by atoms with Gasteiger partial charge >= 0.3 is 0 Å². The summed E-state index contributed by atoms with van der Waals surface area (Å²) in [6, 6.07) is 17.5. The molecule has 3 heterocycles. The van der Waals surface area contributed by atoms with Gasteiger partial charge in [0.25, 0.3) is 0 Å². The fourth-order valence-corrected chi connectivity index (χ4v) is 4.88. The van der Waals surface area contributed by atoms with Crippen LogP contribution in [0.4, 0.5) is 0 Å². The van der Waals surface area contributed by atoms with Crippen molar-refractivity contribution in [1.82, 2.24) is 19.8 Å². The third kappa shape index (κ3) is 3.44. The summed E-state index contributed by atoms with van der Waals surface area (Å²) in [6.45, 7) is 10.9. The van der Waals surface area contributed by atoms with Crippen molar-refractivity contribution in [3.05, 3.63) is 82.9 Å². The average Bonchev–Trinajstić information content (AvgIpc) is 3.19. The van der Waals surface area contributed by atoms with Crippen LogP contribution in [0.5, 0.6) is 0 Å². The zero-order chi connectivity index (χ0) is 20.7. The normalized spacial score (nSPS) is 19.1. The quantitative estimate of drug-likeness (QED) is 0.608. The molecule has 1 aliphatic rings. The topological polar surface area (TPSA) is 33.1 Å². The Bertz CT molecular complexity index is 1020. The first-order chi connectivity index (χ1) is 13.9. The van der Waals surface area contributed by atoms with Gasteiger partial charge in [-0.25, -0.2) is 0 Å². The van der Waals surface area contributed by atoms with Crippen LogP contribution < -0.4 is 5.32 Å². The first kappa shape index (κ1) is 19.6. The van der Waals surface area contributed by atoms with Gasteiger partial charge in [-0.05, 0) is 82.7 Å². The molecule has 150 valence electrons. The lowest BCUT2D eigenvalue weighted by Crippen LogP contribution is -2.35. The highest BCUT2D eigenvalue weighted by atomic mass is 32.1. The smallest absolute Gasteiger partial charge is 0.170 e. The van der Waals surface area contributed by atoms with Gasteiger partial charge in [0.2, 0.25) is 0 Å². The molecule has 0 amide bonds. The van der Waals surface area contributed by atoms with Crippen LogP contribution in [-0.4, -0.2) is 25.6 Å². The molecule has 1 aliphatic heterocycles. The highest BCUT2D eigenvalue weighted by molar-refractivity contribution is 7.80. The maximum absolute atomic E-state index is 5.74. The molecule has 2 atom stereocenters. The van der Waals surface area contributed by atoms with Gasteiger partial charge in [-0.2, -0.15) is 0 Å². The van der Waals surface area contributed by atoms with E-state index in [0.29, 0.717) is 0 Å². The van der Waals surface area contributed by atoms with Gasteiger partial charge in [-0.3, -0.25) is 4.98 Å². The lowest BCUT2D eigenvalue weighted by molar-refractivity contribution is 0.269. The minimum absolute atomic E-state index is 0.0260. The van der Waals surface area contributed by atoms with Crippen LogP contribution in [0.1, 0.15) is 54.1 Å². The van der Waals surface area contributed by atoms with Crippen LogP contribution in [0.3, 0.4) is 0 Å². The second kappa shape index (κ2) is 7.64. The Labute approximate surface area is 178 Å². The summed E-state index contributed by atoms with van der Waals surface area (Å²) >= 11 is 5.74. The average molecular weight is 405 g/mol. The van der Waals surface area contributed by atoms with E-state index in [-0.39, 0.29) is 18.1 Å². The van der Waals surface area contributed by atoms with Crippen LogP contribution in [0.2, 0.25) is 0 Å². The van der Waals surface area contributed by atoms with Gasteiger partial charge in [-0.1, -0.05) is 23.8 Å². The second-order valence-electron chi connectivity index (χ2n) is 8.13. The number of aryl methyl sites for hydroxylation is 2. The number of pyridine rings is 1. The Hall–Kier alpha value is -2.66. The number of rotatable bonds is 4. The Morgan fingerprint density at radius 3 is 2.38 bits per heavy atom. The second-order valence-corrected chi connectivity index (χ2v) is 8.51. The van der Waals surface area contributed by atoms with Crippen LogP contribution in [0.15, 0.2) is 54.7 Å². The van der Waals surface area contributed by atoms with Gasteiger partial charge in [0.15, 0.2) is 5.11 Å². The van der Waals surface area contributed by atoms with Crippen molar-refractivity contribution >= 4 is 17.3 Å². The molecule has 3 aromatic rings. The Morgan fingerprint density at radius 2 is 1.76 bits per heavy atom. The summed E-state index contributed by atoms with van der Waals surface area (Å²) in [5.41, 5.74) is 7.24. The van der Waals surface area contributed by atoms with E-state index in [1.165, 1.54) is 28.2 Å². The number of hydrogen-bond acceptors (Lipinski definition) is 2. The molecule has 1 N–H and O–H groups in total. The molecule has 2 aromatic heterocycles. The van der Waals surface area contributed by atoms with E-state index in [4.69, 9.17) is 12.2 Å². The zero-order valence-electron chi connectivity index (χ0n) is 17.7. The number of thiocarbonyl (C=S) groups is 1. The zero-order valence-corrected chi connectivity index (χ0v) is 18.5. The minimum atomic E-state index is 0.0260. The first-order valence-corrected chi connectivity index (χ1v) is 10.5. The highest BCUT2D eigenvalue weighted by Gasteiger charge is 2.42. The van der Waals surface area contributed by atoms with E-state index in [1.54, 1.807) is 0 Å². The summed E-state index contributed by atoms with van der Waals surface area (Å²) in [6.07, 6.45) is 1.85. The van der Waals surface area contributed by atoms with Crippen molar-refractivity contribution in [3.63, 3.8) is 0 Å². The third-order valence-corrected chi connectivity index (χ3v) is 6.10.